The maximum Gasteiger partial charge on any atom is 0.194 e. The van der Waals surface area contributed by atoms with Crippen LogP contribution >= 0.6 is 23.2 Å². The molecule has 3 aromatic carbocycles. The van der Waals surface area contributed by atoms with Gasteiger partial charge in [-0.3, -0.25) is 9.59 Å². The lowest BCUT2D eigenvalue weighted by Gasteiger charge is -2.18. The molecule has 33 heavy (non-hydrogen) atoms. The van der Waals surface area contributed by atoms with E-state index in [1.807, 2.05) is 12.3 Å². The molecule has 8 heteroatoms. The normalized spacial score (nSPS) is 12.4. The standard InChI is InChI=1S/C25H17Cl2N3O3/c26-21-6-3-7-22(27)25(21)33-11-10-16-14-30(29-28-16)13-15-8-9-19-20(12-15)24(32)18-5-2-1-4-17(18)23(19)31/h1-9,12,14H,10-11,13H2. The summed E-state index contributed by atoms with van der Waals surface area (Å²) >= 11 is 12.2. The highest BCUT2D eigenvalue weighted by Gasteiger charge is 2.29. The molecule has 1 aromatic heterocycles. The Morgan fingerprint density at radius 1 is 0.818 bits per heavy atom. The molecule has 0 saturated heterocycles. The Balaban J connectivity index is 1.27. The van der Waals surface area contributed by atoms with Gasteiger partial charge in [-0.15, -0.1) is 5.10 Å². The number of para-hydroxylation sites is 1. The van der Waals surface area contributed by atoms with E-state index in [1.165, 1.54) is 0 Å². The van der Waals surface area contributed by atoms with Crippen LogP contribution in [0.1, 0.15) is 43.1 Å². The van der Waals surface area contributed by atoms with E-state index in [0.717, 1.165) is 11.3 Å². The Morgan fingerprint density at radius 3 is 2.21 bits per heavy atom. The van der Waals surface area contributed by atoms with Crippen LogP contribution in [0.15, 0.2) is 66.9 Å². The molecule has 0 fully saturated rings. The average Bonchev–Trinajstić information content (AvgIpc) is 3.26. The summed E-state index contributed by atoms with van der Waals surface area (Å²) in [7, 11) is 0. The van der Waals surface area contributed by atoms with Crippen molar-refractivity contribution in [3.8, 4) is 5.75 Å². The van der Waals surface area contributed by atoms with Crippen molar-refractivity contribution in [2.24, 2.45) is 0 Å². The molecule has 0 aliphatic heterocycles. The summed E-state index contributed by atoms with van der Waals surface area (Å²) in [6, 6.07) is 17.4. The van der Waals surface area contributed by atoms with Gasteiger partial charge >= 0.3 is 0 Å². The molecular formula is C25H17Cl2N3O3. The first-order valence-corrected chi connectivity index (χ1v) is 11.0. The monoisotopic (exact) mass is 477 g/mol. The highest BCUT2D eigenvalue weighted by atomic mass is 35.5. The number of hydrogen-bond donors (Lipinski definition) is 0. The minimum atomic E-state index is -0.142. The van der Waals surface area contributed by atoms with Crippen molar-refractivity contribution in [2.45, 2.75) is 13.0 Å². The van der Waals surface area contributed by atoms with Gasteiger partial charge in [-0.25, -0.2) is 4.68 Å². The number of carbonyl (C=O) groups excluding carboxylic acids is 2. The van der Waals surface area contributed by atoms with Crippen LogP contribution in [-0.4, -0.2) is 33.2 Å². The van der Waals surface area contributed by atoms with Crippen LogP contribution in [0, 0.1) is 0 Å². The lowest BCUT2D eigenvalue weighted by atomic mass is 9.83. The summed E-state index contributed by atoms with van der Waals surface area (Å²) in [4.78, 5) is 25.7. The molecule has 0 atom stereocenters. The van der Waals surface area contributed by atoms with Crippen LogP contribution in [0.2, 0.25) is 10.0 Å². The number of carbonyl (C=O) groups is 2. The zero-order valence-electron chi connectivity index (χ0n) is 17.3. The van der Waals surface area contributed by atoms with E-state index < -0.39 is 0 Å². The third-order valence-corrected chi connectivity index (χ3v) is 6.04. The molecule has 1 aliphatic rings. The summed E-state index contributed by atoms with van der Waals surface area (Å²) in [6.45, 7) is 0.762. The maximum absolute atomic E-state index is 12.9. The number of hydrogen-bond acceptors (Lipinski definition) is 5. The zero-order valence-corrected chi connectivity index (χ0v) is 18.8. The van der Waals surface area contributed by atoms with Crippen molar-refractivity contribution in [3.05, 3.63) is 110 Å². The number of ketones is 2. The van der Waals surface area contributed by atoms with Crippen LogP contribution in [0.3, 0.4) is 0 Å². The van der Waals surface area contributed by atoms with E-state index in [0.29, 0.717) is 57.6 Å². The molecule has 164 valence electrons. The molecule has 0 saturated carbocycles. The van der Waals surface area contributed by atoms with Crippen molar-refractivity contribution in [2.75, 3.05) is 6.61 Å². The summed E-state index contributed by atoms with van der Waals surface area (Å²) in [5, 5.41) is 9.25. The van der Waals surface area contributed by atoms with Crippen molar-refractivity contribution >= 4 is 34.8 Å². The van der Waals surface area contributed by atoms with Crippen LogP contribution in [0.5, 0.6) is 5.75 Å². The Hall–Kier alpha value is -3.48. The van der Waals surface area contributed by atoms with Gasteiger partial charge in [0.2, 0.25) is 0 Å². The molecule has 6 nitrogen and oxygen atoms in total. The van der Waals surface area contributed by atoms with Crippen molar-refractivity contribution in [1.82, 2.24) is 15.0 Å². The number of rotatable bonds is 6. The molecular weight excluding hydrogens is 461 g/mol. The summed E-state index contributed by atoms with van der Waals surface area (Å²) < 4.78 is 7.38. The van der Waals surface area contributed by atoms with Gasteiger partial charge in [0.15, 0.2) is 17.3 Å². The second-order valence-electron chi connectivity index (χ2n) is 7.64. The Kier molecular flexibility index (Phi) is 5.70. The molecule has 0 bridgehead atoms. The number of halogens is 2. The summed E-state index contributed by atoms with van der Waals surface area (Å²) in [6.07, 6.45) is 2.34. The predicted molar refractivity (Wildman–Crippen MR) is 125 cm³/mol. The highest BCUT2D eigenvalue weighted by molar-refractivity contribution is 6.37. The minimum absolute atomic E-state index is 0.131. The lowest BCUT2D eigenvalue weighted by Crippen LogP contribution is -2.21. The van der Waals surface area contributed by atoms with Crippen LogP contribution < -0.4 is 4.74 Å². The van der Waals surface area contributed by atoms with Gasteiger partial charge in [0.25, 0.3) is 0 Å². The highest BCUT2D eigenvalue weighted by Crippen LogP contribution is 2.32. The number of benzene rings is 3. The first-order chi connectivity index (χ1) is 16.0. The number of ether oxygens (including phenoxy) is 1. The second-order valence-corrected chi connectivity index (χ2v) is 8.45. The van der Waals surface area contributed by atoms with Crippen LogP contribution in [-0.2, 0) is 13.0 Å². The van der Waals surface area contributed by atoms with E-state index in [1.54, 1.807) is 59.3 Å². The molecule has 0 amide bonds. The van der Waals surface area contributed by atoms with Crippen molar-refractivity contribution < 1.29 is 14.3 Å². The third kappa shape index (κ3) is 4.15. The third-order valence-electron chi connectivity index (χ3n) is 5.44. The SMILES string of the molecule is O=C1c2ccccc2C(=O)c2cc(Cn3cc(CCOc4c(Cl)cccc4Cl)nn3)ccc21. The first kappa shape index (κ1) is 21.4. The summed E-state index contributed by atoms with van der Waals surface area (Å²) in [5.41, 5.74) is 3.33. The molecule has 0 radical (unpaired) electrons. The van der Waals surface area contributed by atoms with Crippen molar-refractivity contribution in [1.29, 1.82) is 0 Å². The molecule has 0 N–H and O–H groups in total. The van der Waals surface area contributed by atoms with Crippen LogP contribution in [0.25, 0.3) is 0 Å². The fourth-order valence-electron chi connectivity index (χ4n) is 3.84. The Bertz CT molecular complexity index is 1380. The van der Waals surface area contributed by atoms with Gasteiger partial charge in [-0.2, -0.15) is 0 Å². The first-order valence-electron chi connectivity index (χ1n) is 10.3. The Labute approximate surface area is 199 Å². The van der Waals surface area contributed by atoms with E-state index in [-0.39, 0.29) is 11.6 Å². The quantitative estimate of drug-likeness (QED) is 0.342. The van der Waals surface area contributed by atoms with E-state index >= 15 is 0 Å². The largest absolute Gasteiger partial charge is 0.490 e. The van der Waals surface area contributed by atoms with E-state index in [2.05, 4.69) is 10.3 Å². The molecule has 5 rings (SSSR count). The van der Waals surface area contributed by atoms with Crippen LogP contribution in [0.4, 0.5) is 0 Å². The van der Waals surface area contributed by atoms with Gasteiger partial charge in [-0.05, 0) is 29.8 Å². The molecule has 0 unspecified atom stereocenters. The van der Waals surface area contributed by atoms with Gasteiger partial charge in [0.1, 0.15) is 0 Å². The van der Waals surface area contributed by atoms with Gasteiger partial charge < -0.3 is 4.74 Å². The zero-order chi connectivity index (χ0) is 22.9. The van der Waals surface area contributed by atoms with Gasteiger partial charge in [0.05, 0.1) is 28.9 Å². The predicted octanol–water partition coefficient (Wildman–Crippen LogP) is 5.03. The number of nitrogens with zero attached hydrogens (tertiary/aromatic N) is 3. The second kappa shape index (κ2) is 8.81. The maximum atomic E-state index is 12.9. The van der Waals surface area contributed by atoms with Gasteiger partial charge in [-0.1, -0.05) is 64.8 Å². The summed E-state index contributed by atoms with van der Waals surface area (Å²) in [5.74, 6) is 0.174. The fraction of sp³-hybridized carbons (Fsp3) is 0.120. The molecule has 1 heterocycles. The molecule has 0 spiro atoms. The lowest BCUT2D eigenvalue weighted by molar-refractivity contribution is 0.0979. The number of fused-ring (bicyclic) bond motifs is 2. The fourth-order valence-corrected chi connectivity index (χ4v) is 4.35. The van der Waals surface area contributed by atoms with Gasteiger partial charge in [0, 0.05) is 34.9 Å². The average molecular weight is 478 g/mol. The van der Waals surface area contributed by atoms with Crippen molar-refractivity contribution in [3.63, 3.8) is 0 Å². The molecule has 1 aliphatic carbocycles. The molecule has 4 aromatic rings. The number of aromatic nitrogens is 3. The topological polar surface area (TPSA) is 74.1 Å². The minimum Gasteiger partial charge on any atom is -0.490 e. The smallest absolute Gasteiger partial charge is 0.194 e. The Morgan fingerprint density at radius 2 is 1.48 bits per heavy atom. The van der Waals surface area contributed by atoms with E-state index in [9.17, 15) is 9.59 Å². The van der Waals surface area contributed by atoms with E-state index in [4.69, 9.17) is 27.9 Å².